The molecule has 3 rings (SSSR count). The topological polar surface area (TPSA) is 54.9 Å². The van der Waals surface area contributed by atoms with E-state index in [0.29, 0.717) is 6.42 Å². The third-order valence-corrected chi connectivity index (χ3v) is 2.39. The highest BCUT2D eigenvalue weighted by atomic mass is 16.1. The van der Waals surface area contributed by atoms with Crippen LogP contribution in [0.25, 0.3) is 10.9 Å². The highest BCUT2D eigenvalue weighted by Crippen LogP contribution is 2.29. The van der Waals surface area contributed by atoms with E-state index in [-0.39, 0.29) is 5.91 Å². The van der Waals surface area contributed by atoms with Crippen LogP contribution < -0.4 is 5.32 Å². The molecule has 0 bridgehead atoms. The minimum absolute atomic E-state index is 0.0383. The molecule has 1 aromatic heterocycles. The van der Waals surface area contributed by atoms with Crippen molar-refractivity contribution in [3.05, 3.63) is 30.2 Å². The molecule has 1 amide bonds. The van der Waals surface area contributed by atoms with Crippen molar-refractivity contribution < 1.29 is 4.79 Å². The monoisotopic (exact) mass is 185 g/mol. The van der Waals surface area contributed by atoms with Gasteiger partial charge in [0.05, 0.1) is 17.6 Å². The van der Waals surface area contributed by atoms with Gasteiger partial charge in [-0.3, -0.25) is 4.79 Å². The first-order valence-electron chi connectivity index (χ1n) is 4.36. The molecule has 4 nitrogen and oxygen atoms in total. The fourth-order valence-corrected chi connectivity index (χ4v) is 1.75. The molecule has 0 radical (unpaired) electrons. The average Bonchev–Trinajstić information content (AvgIpc) is 2.59. The van der Waals surface area contributed by atoms with Gasteiger partial charge in [-0.1, -0.05) is 6.07 Å². The number of hydrogen-bond donors (Lipinski definition) is 1. The number of nitrogens with zero attached hydrogens (tertiary/aromatic N) is 2. The molecule has 0 spiro atoms. The first kappa shape index (κ1) is 7.44. The van der Waals surface area contributed by atoms with Gasteiger partial charge in [0.25, 0.3) is 0 Å². The van der Waals surface area contributed by atoms with Crippen molar-refractivity contribution in [2.75, 3.05) is 5.32 Å². The van der Waals surface area contributed by atoms with Gasteiger partial charge in [-0.25, -0.2) is 9.97 Å². The van der Waals surface area contributed by atoms with Gasteiger partial charge in [0.15, 0.2) is 0 Å². The Labute approximate surface area is 80.0 Å². The molecule has 1 aliphatic rings. The number of fused-ring (bicyclic) bond motifs is 3. The standard InChI is InChI=1S/C10H7N3O/c14-9-3-6-1-2-8-7(10(6)13-9)4-11-5-12-8/h1-2,4-5H,3H2,(H,13,14). The molecule has 0 atom stereocenters. The second kappa shape index (κ2) is 2.51. The molecule has 0 fully saturated rings. The summed E-state index contributed by atoms with van der Waals surface area (Å²) in [5.74, 6) is 0.0383. The number of nitrogens with one attached hydrogen (secondary N) is 1. The number of carbonyl (C=O) groups is 1. The first-order chi connectivity index (χ1) is 6.84. The number of hydrogen-bond acceptors (Lipinski definition) is 3. The predicted molar refractivity (Wildman–Crippen MR) is 51.9 cm³/mol. The number of benzene rings is 1. The Morgan fingerprint density at radius 3 is 3.21 bits per heavy atom. The Bertz CT molecular complexity index is 536. The molecule has 0 saturated carbocycles. The Hall–Kier alpha value is -1.97. The highest BCUT2D eigenvalue weighted by molar-refractivity contribution is 6.08. The van der Waals surface area contributed by atoms with E-state index < -0.39 is 0 Å². The molecule has 2 heterocycles. The zero-order valence-corrected chi connectivity index (χ0v) is 7.32. The van der Waals surface area contributed by atoms with E-state index in [1.165, 1.54) is 6.33 Å². The van der Waals surface area contributed by atoms with Crippen molar-refractivity contribution in [2.24, 2.45) is 0 Å². The lowest BCUT2D eigenvalue weighted by Crippen LogP contribution is -2.03. The Balaban J connectivity index is 2.39. The average molecular weight is 185 g/mol. The maximum absolute atomic E-state index is 11.2. The molecule has 0 aliphatic carbocycles. The second-order valence-electron chi connectivity index (χ2n) is 3.28. The predicted octanol–water partition coefficient (Wildman–Crippen LogP) is 1.12. The van der Waals surface area contributed by atoms with Crippen molar-refractivity contribution >= 4 is 22.5 Å². The number of amides is 1. The lowest BCUT2D eigenvalue weighted by molar-refractivity contribution is -0.115. The molecule has 1 aromatic carbocycles. The maximum atomic E-state index is 11.2. The highest BCUT2D eigenvalue weighted by Gasteiger charge is 2.19. The molecule has 2 aromatic rings. The molecule has 0 saturated heterocycles. The summed E-state index contributed by atoms with van der Waals surface area (Å²) < 4.78 is 0. The summed E-state index contributed by atoms with van der Waals surface area (Å²) in [7, 11) is 0. The maximum Gasteiger partial charge on any atom is 0.228 e. The molecule has 1 N–H and O–H groups in total. The summed E-state index contributed by atoms with van der Waals surface area (Å²) in [5, 5.41) is 3.73. The van der Waals surface area contributed by atoms with E-state index in [1.54, 1.807) is 6.20 Å². The smallest absolute Gasteiger partial charge is 0.228 e. The van der Waals surface area contributed by atoms with E-state index in [0.717, 1.165) is 22.2 Å². The van der Waals surface area contributed by atoms with E-state index in [9.17, 15) is 4.79 Å². The van der Waals surface area contributed by atoms with Crippen molar-refractivity contribution in [3.8, 4) is 0 Å². The molecular weight excluding hydrogens is 178 g/mol. The number of anilines is 1. The van der Waals surface area contributed by atoms with Gasteiger partial charge in [-0.2, -0.15) is 0 Å². The van der Waals surface area contributed by atoms with Crippen LogP contribution in [0.4, 0.5) is 5.69 Å². The second-order valence-corrected chi connectivity index (χ2v) is 3.28. The van der Waals surface area contributed by atoms with E-state index in [1.807, 2.05) is 12.1 Å². The van der Waals surface area contributed by atoms with Crippen LogP contribution in [0.2, 0.25) is 0 Å². The normalized spacial score (nSPS) is 14.1. The van der Waals surface area contributed by atoms with E-state index in [2.05, 4.69) is 15.3 Å². The summed E-state index contributed by atoms with van der Waals surface area (Å²) >= 11 is 0. The minimum Gasteiger partial charge on any atom is -0.325 e. The van der Waals surface area contributed by atoms with Gasteiger partial charge in [-0.05, 0) is 11.6 Å². The summed E-state index contributed by atoms with van der Waals surface area (Å²) in [6.07, 6.45) is 3.69. The van der Waals surface area contributed by atoms with Gasteiger partial charge in [0, 0.05) is 11.6 Å². The summed E-state index contributed by atoms with van der Waals surface area (Å²) in [5.41, 5.74) is 2.76. The molecule has 68 valence electrons. The van der Waals surface area contributed by atoms with Gasteiger partial charge in [0.1, 0.15) is 6.33 Å². The molecule has 1 aliphatic heterocycles. The fourth-order valence-electron chi connectivity index (χ4n) is 1.75. The fraction of sp³-hybridized carbons (Fsp3) is 0.100. The van der Waals surface area contributed by atoms with Crippen molar-refractivity contribution in [3.63, 3.8) is 0 Å². The van der Waals surface area contributed by atoms with Gasteiger partial charge >= 0.3 is 0 Å². The van der Waals surface area contributed by atoms with Crippen LogP contribution in [-0.2, 0) is 11.2 Å². The van der Waals surface area contributed by atoms with Crippen LogP contribution in [0.3, 0.4) is 0 Å². The summed E-state index contributed by atoms with van der Waals surface area (Å²) in [6, 6.07) is 3.85. The van der Waals surface area contributed by atoms with E-state index >= 15 is 0 Å². The third kappa shape index (κ3) is 0.907. The van der Waals surface area contributed by atoms with Gasteiger partial charge < -0.3 is 5.32 Å². The van der Waals surface area contributed by atoms with Crippen LogP contribution in [0.5, 0.6) is 0 Å². The zero-order valence-electron chi connectivity index (χ0n) is 7.32. The third-order valence-electron chi connectivity index (χ3n) is 2.39. The number of aromatic nitrogens is 2. The van der Waals surface area contributed by atoms with Crippen molar-refractivity contribution in [1.82, 2.24) is 9.97 Å². The SMILES string of the molecule is O=C1Cc2ccc3ncncc3c2N1. The van der Waals surface area contributed by atoms with Gasteiger partial charge in [-0.15, -0.1) is 0 Å². The van der Waals surface area contributed by atoms with Crippen LogP contribution in [0, 0.1) is 0 Å². The quantitative estimate of drug-likeness (QED) is 0.669. The molecule has 4 heteroatoms. The van der Waals surface area contributed by atoms with E-state index in [4.69, 9.17) is 0 Å². The van der Waals surface area contributed by atoms with Crippen LogP contribution in [0.15, 0.2) is 24.7 Å². The Kier molecular flexibility index (Phi) is 1.33. The minimum atomic E-state index is 0.0383. The lowest BCUT2D eigenvalue weighted by atomic mass is 10.1. The number of carbonyl (C=O) groups excluding carboxylic acids is 1. The largest absolute Gasteiger partial charge is 0.325 e. The van der Waals surface area contributed by atoms with Gasteiger partial charge in [0.2, 0.25) is 5.91 Å². The van der Waals surface area contributed by atoms with Crippen LogP contribution >= 0.6 is 0 Å². The first-order valence-corrected chi connectivity index (χ1v) is 4.36. The van der Waals surface area contributed by atoms with Crippen molar-refractivity contribution in [1.29, 1.82) is 0 Å². The van der Waals surface area contributed by atoms with Crippen molar-refractivity contribution in [2.45, 2.75) is 6.42 Å². The Morgan fingerprint density at radius 1 is 1.36 bits per heavy atom. The Morgan fingerprint density at radius 2 is 2.29 bits per heavy atom. The van der Waals surface area contributed by atoms with Crippen LogP contribution in [0.1, 0.15) is 5.56 Å². The molecule has 14 heavy (non-hydrogen) atoms. The summed E-state index contributed by atoms with van der Waals surface area (Å²) in [6.45, 7) is 0. The molecule has 0 unspecified atom stereocenters. The number of rotatable bonds is 0. The zero-order chi connectivity index (χ0) is 9.54. The lowest BCUT2D eigenvalue weighted by Gasteiger charge is -2.02. The summed E-state index contributed by atoms with van der Waals surface area (Å²) in [4.78, 5) is 19.3. The molecular formula is C10H7N3O. The van der Waals surface area contributed by atoms with Crippen LogP contribution in [-0.4, -0.2) is 15.9 Å².